The molecule has 0 aromatic heterocycles. The SMILES string of the molecule is C[Si](C)(C)c1cc(OCc2ccccc2)c(OCc2ccccc2)cc1OS(=O)(=O)C(F)(F)C(F)(F)C(F)(F)C(F)(F)F. The van der Waals surface area contributed by atoms with E-state index in [2.05, 4.69) is 4.18 Å². The van der Waals surface area contributed by atoms with Crippen LogP contribution >= 0.6 is 0 Å². The number of hydrogen-bond donors (Lipinski definition) is 0. The third-order valence-electron chi connectivity index (χ3n) is 5.96. The quantitative estimate of drug-likeness (QED) is 0.114. The van der Waals surface area contributed by atoms with Crippen LogP contribution in [0, 0.1) is 0 Å². The summed E-state index contributed by atoms with van der Waals surface area (Å²) in [4.78, 5) is 0. The van der Waals surface area contributed by atoms with Gasteiger partial charge in [-0.15, -0.1) is 0 Å². The fraction of sp³-hybridized carbons (Fsp3) is 0.333. The van der Waals surface area contributed by atoms with Crippen molar-refractivity contribution in [3.63, 3.8) is 0 Å². The van der Waals surface area contributed by atoms with Gasteiger partial charge in [0, 0.05) is 6.07 Å². The Morgan fingerprint density at radius 1 is 0.628 bits per heavy atom. The summed E-state index contributed by atoms with van der Waals surface area (Å²) in [5, 5.41) is -7.16. The lowest BCUT2D eigenvalue weighted by atomic mass is 10.1. The summed E-state index contributed by atoms with van der Waals surface area (Å²) in [6, 6.07) is 18.8. The molecule has 0 unspecified atom stereocenters. The van der Waals surface area contributed by atoms with Crippen molar-refractivity contribution in [3.8, 4) is 17.2 Å². The molecule has 0 heterocycles. The topological polar surface area (TPSA) is 61.8 Å². The van der Waals surface area contributed by atoms with Crippen LogP contribution < -0.4 is 18.8 Å². The van der Waals surface area contributed by atoms with Gasteiger partial charge < -0.3 is 13.7 Å². The number of benzene rings is 3. The van der Waals surface area contributed by atoms with Crippen molar-refractivity contribution >= 4 is 23.4 Å². The Kier molecular flexibility index (Phi) is 9.47. The van der Waals surface area contributed by atoms with E-state index in [-0.39, 0.29) is 29.9 Å². The summed E-state index contributed by atoms with van der Waals surface area (Å²) < 4.78 is 162. The predicted molar refractivity (Wildman–Crippen MR) is 141 cm³/mol. The second-order valence-electron chi connectivity index (χ2n) is 10.3. The molecule has 0 saturated heterocycles. The zero-order valence-electron chi connectivity index (χ0n) is 22.7. The molecule has 0 bridgehead atoms. The Labute approximate surface area is 242 Å². The monoisotopic (exact) mass is 660 g/mol. The minimum absolute atomic E-state index is 0.0392. The van der Waals surface area contributed by atoms with Crippen LogP contribution in [0.5, 0.6) is 17.2 Å². The number of hydrogen-bond acceptors (Lipinski definition) is 5. The fourth-order valence-electron chi connectivity index (χ4n) is 3.58. The molecule has 0 saturated carbocycles. The Balaban J connectivity index is 2.11. The van der Waals surface area contributed by atoms with Gasteiger partial charge >= 0.3 is 33.4 Å². The maximum Gasteiger partial charge on any atom is 0.460 e. The molecule has 0 aliphatic heterocycles. The van der Waals surface area contributed by atoms with Gasteiger partial charge in [-0.3, -0.25) is 0 Å². The molecule has 43 heavy (non-hydrogen) atoms. The number of alkyl halides is 9. The number of ether oxygens (including phenoxy) is 2. The molecule has 0 aliphatic carbocycles. The van der Waals surface area contributed by atoms with Gasteiger partial charge in [0.2, 0.25) is 0 Å². The van der Waals surface area contributed by atoms with Crippen molar-refractivity contribution in [1.29, 1.82) is 0 Å². The van der Waals surface area contributed by atoms with Crippen molar-refractivity contribution in [1.82, 2.24) is 0 Å². The molecule has 3 rings (SSSR count). The van der Waals surface area contributed by atoms with Crippen molar-refractivity contribution in [2.45, 2.75) is 56.1 Å². The van der Waals surface area contributed by atoms with Crippen molar-refractivity contribution in [3.05, 3.63) is 83.9 Å². The largest absolute Gasteiger partial charge is 0.485 e. The van der Waals surface area contributed by atoms with Gasteiger partial charge in [0.05, 0.1) is 8.07 Å². The van der Waals surface area contributed by atoms with Crippen LogP contribution in [0.4, 0.5) is 39.5 Å². The van der Waals surface area contributed by atoms with Crippen LogP contribution in [0.2, 0.25) is 19.6 Å². The van der Waals surface area contributed by atoms with Crippen molar-refractivity contribution in [2.75, 3.05) is 0 Å². The van der Waals surface area contributed by atoms with E-state index >= 15 is 0 Å². The van der Waals surface area contributed by atoms with Crippen molar-refractivity contribution in [2.24, 2.45) is 0 Å². The lowest BCUT2D eigenvalue weighted by Gasteiger charge is -2.33. The summed E-state index contributed by atoms with van der Waals surface area (Å²) in [7, 11) is -10.1. The van der Waals surface area contributed by atoms with Gasteiger partial charge in [-0.1, -0.05) is 80.3 Å². The maximum atomic E-state index is 14.5. The maximum absolute atomic E-state index is 14.5. The molecule has 3 aromatic carbocycles. The van der Waals surface area contributed by atoms with E-state index in [1.807, 2.05) is 0 Å². The lowest BCUT2D eigenvalue weighted by Crippen LogP contribution is -2.64. The number of halogens is 9. The molecular formula is C27H25F9O5SSi. The highest BCUT2D eigenvalue weighted by Gasteiger charge is 2.86. The summed E-state index contributed by atoms with van der Waals surface area (Å²) in [5.74, 6) is -16.3. The summed E-state index contributed by atoms with van der Waals surface area (Å²) in [6.45, 7) is 4.46. The number of rotatable bonds is 12. The second kappa shape index (κ2) is 11.9. The van der Waals surface area contributed by atoms with Crippen molar-refractivity contribution < 1.29 is 61.6 Å². The Morgan fingerprint density at radius 2 is 1.05 bits per heavy atom. The molecular weight excluding hydrogens is 635 g/mol. The van der Waals surface area contributed by atoms with Gasteiger partial charge in [0.25, 0.3) is 0 Å². The van der Waals surface area contributed by atoms with Crippen LogP contribution in [-0.2, 0) is 23.3 Å². The normalized spacial score (nSPS) is 13.5. The van der Waals surface area contributed by atoms with Gasteiger partial charge in [0.1, 0.15) is 19.0 Å². The molecule has 16 heteroatoms. The van der Waals surface area contributed by atoms with E-state index in [1.165, 1.54) is 6.07 Å². The Morgan fingerprint density at radius 3 is 1.44 bits per heavy atom. The first-order valence-corrected chi connectivity index (χ1v) is 17.2. The van der Waals surface area contributed by atoms with Crippen LogP contribution in [0.25, 0.3) is 0 Å². The minimum Gasteiger partial charge on any atom is -0.485 e. The zero-order valence-corrected chi connectivity index (χ0v) is 24.5. The Hall–Kier alpha value is -3.40. The average Bonchev–Trinajstić information content (AvgIpc) is 2.90. The lowest BCUT2D eigenvalue weighted by molar-refractivity contribution is -0.382. The minimum atomic E-state index is -7.44. The zero-order chi connectivity index (χ0) is 32.5. The average molecular weight is 661 g/mol. The molecule has 5 nitrogen and oxygen atoms in total. The molecule has 0 radical (unpaired) electrons. The van der Waals surface area contributed by atoms with Gasteiger partial charge in [-0.05, 0) is 22.4 Å². The molecule has 236 valence electrons. The molecule has 0 N–H and O–H groups in total. The third-order valence-corrected chi connectivity index (χ3v) is 9.25. The fourth-order valence-corrected chi connectivity index (χ4v) is 6.00. The highest BCUT2D eigenvalue weighted by Crippen LogP contribution is 2.55. The van der Waals surface area contributed by atoms with E-state index in [0.29, 0.717) is 11.1 Å². The highest BCUT2D eigenvalue weighted by molar-refractivity contribution is 7.88. The van der Waals surface area contributed by atoms with Gasteiger partial charge in [-0.2, -0.15) is 47.9 Å². The molecule has 3 aromatic rings. The molecule has 0 fully saturated rings. The summed E-state index contributed by atoms with van der Waals surface area (Å²) >= 11 is 0. The molecule has 0 aliphatic rings. The van der Waals surface area contributed by atoms with Gasteiger partial charge in [-0.25, -0.2) is 0 Å². The van der Waals surface area contributed by atoms with E-state index in [9.17, 15) is 47.9 Å². The highest BCUT2D eigenvalue weighted by atomic mass is 32.2. The molecule has 0 spiro atoms. The van der Waals surface area contributed by atoms with E-state index in [1.54, 1.807) is 80.3 Å². The second-order valence-corrected chi connectivity index (χ2v) is 16.9. The predicted octanol–water partition coefficient (Wildman–Crippen LogP) is 7.52. The van der Waals surface area contributed by atoms with Gasteiger partial charge in [0.15, 0.2) is 11.5 Å². The smallest absolute Gasteiger partial charge is 0.460 e. The van der Waals surface area contributed by atoms with Crippen LogP contribution in [0.3, 0.4) is 0 Å². The summed E-state index contributed by atoms with van der Waals surface area (Å²) in [6.07, 6.45) is -7.21. The van der Waals surface area contributed by atoms with E-state index in [4.69, 9.17) is 9.47 Å². The van der Waals surface area contributed by atoms with Crippen LogP contribution in [0.1, 0.15) is 11.1 Å². The standard InChI is InChI=1S/C27H25F9O5SSi/c1-43(2,3)23-15-21(40-17-19-12-8-5-9-13-19)20(39-16-18-10-6-4-7-11-18)14-22(23)41-42(37,38)27(35,36)25(30,31)24(28,29)26(32,33)34/h4-15H,16-17H2,1-3H3. The van der Waals surface area contributed by atoms with E-state index in [0.717, 1.165) is 6.07 Å². The molecule has 0 amide bonds. The first-order valence-electron chi connectivity index (χ1n) is 12.3. The Bertz CT molecular complexity index is 1510. The summed E-state index contributed by atoms with van der Waals surface area (Å²) in [5.41, 5.74) is 1.27. The van der Waals surface area contributed by atoms with E-state index < -0.39 is 47.2 Å². The third kappa shape index (κ3) is 7.06. The van der Waals surface area contributed by atoms with Crippen LogP contribution in [-0.4, -0.2) is 39.8 Å². The van der Waals surface area contributed by atoms with Crippen LogP contribution in [0.15, 0.2) is 72.8 Å². The molecule has 0 atom stereocenters. The first-order chi connectivity index (χ1) is 19.6. The first kappa shape index (κ1) is 34.1.